The van der Waals surface area contributed by atoms with Gasteiger partial charge in [-0.05, 0) is 75.8 Å². The van der Waals surface area contributed by atoms with E-state index in [9.17, 15) is 9.90 Å². The van der Waals surface area contributed by atoms with Gasteiger partial charge in [0.05, 0.1) is 11.6 Å². The van der Waals surface area contributed by atoms with Crippen molar-refractivity contribution in [3.63, 3.8) is 0 Å². The Morgan fingerprint density at radius 2 is 1.73 bits per heavy atom. The highest BCUT2D eigenvalue weighted by atomic mass is 16.3. The first-order valence-corrected chi connectivity index (χ1v) is 9.18. The van der Waals surface area contributed by atoms with Crippen LogP contribution in [0.2, 0.25) is 0 Å². The zero-order chi connectivity index (χ0) is 15.9. The van der Waals surface area contributed by atoms with Crippen LogP contribution >= 0.6 is 0 Å². The third kappa shape index (κ3) is 2.69. The minimum absolute atomic E-state index is 0.0779. The Morgan fingerprint density at radius 1 is 1.18 bits per heavy atom. The molecule has 0 saturated heterocycles. The highest BCUT2D eigenvalue weighted by Crippen LogP contribution is 2.58. The van der Waals surface area contributed by atoms with Crippen molar-refractivity contribution in [2.45, 2.75) is 64.0 Å². The van der Waals surface area contributed by atoms with Gasteiger partial charge < -0.3 is 10.4 Å². The SMILES string of the molecule is CCC(C(=O)NCC1(O)C2CC3CC(C2)CC1C3)N(C)CC. The summed E-state index contributed by atoms with van der Waals surface area (Å²) in [6.45, 7) is 5.44. The molecule has 4 fully saturated rings. The average Bonchev–Trinajstić information content (AvgIpc) is 2.50. The molecular weight excluding hydrogens is 276 g/mol. The highest BCUT2D eigenvalue weighted by molar-refractivity contribution is 5.81. The molecule has 0 radical (unpaired) electrons. The summed E-state index contributed by atoms with van der Waals surface area (Å²) in [6.07, 6.45) is 6.88. The average molecular weight is 308 g/mol. The first-order chi connectivity index (χ1) is 10.5. The van der Waals surface area contributed by atoms with Crippen LogP contribution in [0.1, 0.15) is 52.4 Å². The van der Waals surface area contributed by atoms with Crippen molar-refractivity contribution in [1.29, 1.82) is 0 Å². The standard InChI is InChI=1S/C18H32N2O2/c1-4-16(20(3)5-2)17(21)19-11-18(22)14-7-12-6-13(9-14)10-15(18)8-12/h12-16,22H,4-11H2,1-3H3,(H,19,21). The van der Waals surface area contributed by atoms with E-state index in [1.807, 2.05) is 14.0 Å². The zero-order valence-electron chi connectivity index (χ0n) is 14.3. The number of carbonyl (C=O) groups excluding carboxylic acids is 1. The van der Waals surface area contributed by atoms with Gasteiger partial charge in [-0.3, -0.25) is 9.69 Å². The number of hydrogen-bond donors (Lipinski definition) is 2. The minimum atomic E-state index is -0.647. The lowest BCUT2D eigenvalue weighted by Gasteiger charge is -2.59. The van der Waals surface area contributed by atoms with E-state index in [1.165, 1.54) is 32.1 Å². The number of aliphatic hydroxyl groups is 1. The lowest BCUT2D eigenvalue weighted by molar-refractivity contribution is -0.171. The van der Waals surface area contributed by atoms with Crippen molar-refractivity contribution in [1.82, 2.24) is 10.2 Å². The third-order valence-electron chi connectivity index (χ3n) is 6.82. The van der Waals surface area contributed by atoms with E-state index in [2.05, 4.69) is 17.1 Å². The van der Waals surface area contributed by atoms with Crippen molar-refractivity contribution in [2.75, 3.05) is 20.1 Å². The van der Waals surface area contributed by atoms with Crippen LogP contribution in [0, 0.1) is 23.7 Å². The van der Waals surface area contributed by atoms with Gasteiger partial charge in [0.1, 0.15) is 0 Å². The number of rotatable bonds is 6. The van der Waals surface area contributed by atoms with Crippen LogP contribution in [0.15, 0.2) is 0 Å². The summed E-state index contributed by atoms with van der Waals surface area (Å²) in [6, 6.07) is -0.0783. The first-order valence-electron chi connectivity index (χ1n) is 9.18. The second kappa shape index (κ2) is 6.12. The van der Waals surface area contributed by atoms with Gasteiger partial charge in [-0.1, -0.05) is 13.8 Å². The number of carbonyl (C=O) groups is 1. The summed E-state index contributed by atoms with van der Waals surface area (Å²) in [7, 11) is 1.99. The Bertz CT molecular complexity index is 395. The molecule has 0 spiro atoms. The maximum Gasteiger partial charge on any atom is 0.237 e. The van der Waals surface area contributed by atoms with Crippen molar-refractivity contribution in [3.05, 3.63) is 0 Å². The van der Waals surface area contributed by atoms with E-state index in [1.54, 1.807) is 0 Å². The summed E-state index contributed by atoms with van der Waals surface area (Å²) in [5, 5.41) is 14.3. The molecule has 0 aliphatic heterocycles. The lowest BCUT2D eigenvalue weighted by atomic mass is 9.50. The molecule has 1 amide bonds. The molecule has 4 bridgehead atoms. The summed E-state index contributed by atoms with van der Waals surface area (Å²) < 4.78 is 0. The van der Waals surface area contributed by atoms with E-state index < -0.39 is 5.60 Å². The van der Waals surface area contributed by atoms with Crippen LogP contribution in [0.25, 0.3) is 0 Å². The molecule has 4 saturated carbocycles. The fourth-order valence-electron chi connectivity index (χ4n) is 5.55. The summed E-state index contributed by atoms with van der Waals surface area (Å²) in [5.74, 6) is 2.58. The molecule has 126 valence electrons. The number of likely N-dealkylation sites (N-methyl/N-ethyl adjacent to an activating group) is 1. The van der Waals surface area contributed by atoms with Crippen molar-refractivity contribution in [2.24, 2.45) is 23.7 Å². The molecule has 0 aromatic rings. The predicted octanol–water partition coefficient (Wildman–Crippen LogP) is 2.02. The van der Waals surface area contributed by atoms with Crippen LogP contribution in [0.3, 0.4) is 0 Å². The predicted molar refractivity (Wildman–Crippen MR) is 87.4 cm³/mol. The van der Waals surface area contributed by atoms with Gasteiger partial charge in [0, 0.05) is 6.54 Å². The van der Waals surface area contributed by atoms with Gasteiger partial charge in [-0.25, -0.2) is 0 Å². The van der Waals surface area contributed by atoms with E-state index >= 15 is 0 Å². The Kier molecular flexibility index (Phi) is 4.52. The van der Waals surface area contributed by atoms with Gasteiger partial charge in [0.2, 0.25) is 5.91 Å². The fraction of sp³-hybridized carbons (Fsp3) is 0.944. The molecule has 4 aliphatic carbocycles. The number of amides is 1. The van der Waals surface area contributed by atoms with E-state index in [0.29, 0.717) is 18.4 Å². The summed E-state index contributed by atoms with van der Waals surface area (Å²) >= 11 is 0. The molecular formula is C18H32N2O2. The fourth-order valence-corrected chi connectivity index (χ4v) is 5.55. The highest BCUT2D eigenvalue weighted by Gasteiger charge is 2.56. The van der Waals surface area contributed by atoms with Gasteiger partial charge >= 0.3 is 0 Å². The second-order valence-electron chi connectivity index (χ2n) is 8.01. The minimum Gasteiger partial charge on any atom is -0.387 e. The Balaban J connectivity index is 1.62. The zero-order valence-corrected chi connectivity index (χ0v) is 14.3. The second-order valence-corrected chi connectivity index (χ2v) is 8.01. The topological polar surface area (TPSA) is 52.6 Å². The molecule has 1 unspecified atom stereocenters. The van der Waals surface area contributed by atoms with E-state index in [4.69, 9.17) is 0 Å². The molecule has 1 atom stereocenters. The summed E-state index contributed by atoms with van der Waals surface area (Å²) in [5.41, 5.74) is -0.647. The largest absolute Gasteiger partial charge is 0.387 e. The maximum absolute atomic E-state index is 12.5. The van der Waals surface area contributed by atoms with Gasteiger partial charge in [-0.2, -0.15) is 0 Å². The number of nitrogens with one attached hydrogen (secondary N) is 1. The maximum atomic E-state index is 12.5. The summed E-state index contributed by atoms with van der Waals surface area (Å²) in [4.78, 5) is 14.6. The Morgan fingerprint density at radius 3 is 2.18 bits per heavy atom. The molecule has 4 heteroatoms. The Hall–Kier alpha value is -0.610. The normalized spacial score (nSPS) is 41.0. The van der Waals surface area contributed by atoms with Crippen molar-refractivity contribution >= 4 is 5.91 Å². The van der Waals surface area contributed by atoms with Crippen LogP contribution in [-0.4, -0.2) is 47.7 Å². The molecule has 0 aromatic carbocycles. The van der Waals surface area contributed by atoms with Crippen LogP contribution in [0.5, 0.6) is 0 Å². The van der Waals surface area contributed by atoms with Crippen LogP contribution in [-0.2, 0) is 4.79 Å². The quantitative estimate of drug-likeness (QED) is 0.789. The van der Waals surface area contributed by atoms with Crippen LogP contribution in [0.4, 0.5) is 0 Å². The number of hydrogen-bond acceptors (Lipinski definition) is 3. The monoisotopic (exact) mass is 308 g/mol. The lowest BCUT2D eigenvalue weighted by Crippen LogP contribution is -2.63. The molecule has 4 aliphatic rings. The van der Waals surface area contributed by atoms with E-state index in [-0.39, 0.29) is 11.9 Å². The van der Waals surface area contributed by atoms with Gasteiger partial charge in [0.15, 0.2) is 0 Å². The third-order valence-corrected chi connectivity index (χ3v) is 6.82. The van der Waals surface area contributed by atoms with Gasteiger partial charge in [0.25, 0.3) is 0 Å². The smallest absolute Gasteiger partial charge is 0.237 e. The molecule has 0 heterocycles. The molecule has 2 N–H and O–H groups in total. The molecule has 0 aromatic heterocycles. The van der Waals surface area contributed by atoms with Crippen molar-refractivity contribution in [3.8, 4) is 0 Å². The van der Waals surface area contributed by atoms with E-state index in [0.717, 1.165) is 24.8 Å². The van der Waals surface area contributed by atoms with Crippen LogP contribution < -0.4 is 5.32 Å². The molecule has 4 nitrogen and oxygen atoms in total. The molecule has 4 rings (SSSR count). The van der Waals surface area contributed by atoms with Crippen molar-refractivity contribution < 1.29 is 9.90 Å². The Labute approximate surface area is 134 Å². The first kappa shape index (κ1) is 16.3. The number of nitrogens with zero attached hydrogens (tertiary/aromatic N) is 1. The van der Waals surface area contributed by atoms with Gasteiger partial charge in [-0.15, -0.1) is 0 Å². The molecule has 22 heavy (non-hydrogen) atoms.